The molecule has 0 aromatic carbocycles. The molecule has 0 aromatic heterocycles. The van der Waals surface area contributed by atoms with Crippen molar-refractivity contribution in [3.63, 3.8) is 0 Å². The average molecular weight is 1080 g/mol. The second kappa shape index (κ2) is 43.0. The minimum atomic E-state index is -5.61. The Labute approximate surface area is 444 Å². The fourth-order valence-electron chi connectivity index (χ4n) is 0. The molecule has 0 heterocycles. The third kappa shape index (κ3) is 376. The molecular weight excluding hydrogens is 1080 g/mol. The van der Waals surface area contributed by atoms with Crippen LogP contribution in [0.1, 0.15) is 0 Å². The van der Waals surface area contributed by atoms with Gasteiger partial charge >= 0.3 is 346 Å². The first-order valence-corrected chi connectivity index (χ1v) is 9.80. The van der Waals surface area contributed by atoms with Gasteiger partial charge in [-0.2, -0.15) is 0 Å². The maximum absolute atomic E-state index is 8.58. The van der Waals surface area contributed by atoms with Crippen molar-refractivity contribution in [1.82, 2.24) is 0 Å². The van der Waals surface area contributed by atoms with Crippen LogP contribution in [0.3, 0.4) is 0 Å². The van der Waals surface area contributed by atoms with Crippen LogP contribution in [0.4, 0.5) is 0 Å². The first-order valence-electron chi connectivity index (χ1n) is 3.27. The van der Waals surface area contributed by atoms with Gasteiger partial charge in [-0.1, -0.05) is 0 Å². The third-order valence-electron chi connectivity index (χ3n) is 0. The van der Waals surface area contributed by atoms with Crippen LogP contribution in [-0.2, 0) is 0 Å². The molecule has 0 atom stereocenters. The van der Waals surface area contributed by atoms with Gasteiger partial charge in [0.25, 0.3) is 0 Å². The minimum absolute atomic E-state index is 0. The van der Waals surface area contributed by atoms with E-state index in [1.165, 1.54) is 0 Å². The van der Waals surface area contributed by atoms with E-state index in [1.54, 1.807) is 0 Å². The van der Waals surface area contributed by atoms with Crippen LogP contribution in [-0.4, -0.2) is 383 Å². The minimum Gasteiger partial charge on any atom is -0.894 e. The number of hydrogen-bond donors (Lipinski definition) is 0. The van der Waals surface area contributed by atoms with Crippen molar-refractivity contribution in [2.75, 3.05) is 0 Å². The topological polar surface area (TPSA) is 369 Å². The van der Waals surface area contributed by atoms with Crippen molar-refractivity contribution in [3.05, 3.63) is 0 Å². The Hall–Kier alpha value is 11.6. The Morgan fingerprint density at radius 2 is 0.214 bits per heavy atom. The van der Waals surface area contributed by atoms with E-state index >= 15 is 0 Å². The Balaban J connectivity index is -0.0000000111. The van der Waals surface area contributed by atoms with Crippen LogP contribution in [0, 0.1) is 0 Å². The summed E-state index contributed by atoms with van der Waals surface area (Å²) in [4.78, 5) is 137. The molecule has 0 aliphatic rings. The van der Waals surface area contributed by atoms with Gasteiger partial charge in [-0.25, -0.2) is 0 Å². The van der Waals surface area contributed by atoms with Gasteiger partial charge in [0.05, 0.1) is 0 Å². The molecule has 0 radical (unpaired) electrons. The van der Waals surface area contributed by atoms with Crippen molar-refractivity contribution in [2.45, 2.75) is 0 Å². The summed E-state index contributed by atoms with van der Waals surface area (Å²) in [5, 5.41) is 0. The second-order valence-corrected chi connectivity index (χ2v) is 6.00. The monoisotopic (exact) mass is 1080 g/mol. The van der Waals surface area contributed by atoms with E-state index < -0.39 is 36.2 Å². The zero-order valence-corrected chi connectivity index (χ0v) is 44.8. The first-order chi connectivity index (χ1) is 8.00. The SMILES string of the molecule is [Ba+2].[Ba+2].[Ba+2].[Ba+2].[Ca+2].[Ca+2].[Ca+2].[Ca+2].[O-][Si]([O-])([O-])[O-].[O-][Si]([O-])([O-])[O-].[O-][Si]([O-])([O-])[O-].[O-][Si]([O-])([O-])[O-]. The van der Waals surface area contributed by atoms with Crippen LogP contribution in [0.15, 0.2) is 0 Å². The largest absolute Gasteiger partial charge is 2.00 e. The smallest absolute Gasteiger partial charge is 0.894 e. The molecular formula is Ba4Ca4O16Si4. The summed E-state index contributed by atoms with van der Waals surface area (Å²) in [5.41, 5.74) is 0. The summed E-state index contributed by atoms with van der Waals surface area (Å²) in [6.45, 7) is 0. The van der Waals surface area contributed by atoms with Crippen molar-refractivity contribution >= 4 is 383 Å². The third-order valence-corrected chi connectivity index (χ3v) is 0. The van der Waals surface area contributed by atoms with E-state index in [0.29, 0.717) is 0 Å². The quantitative estimate of drug-likeness (QED) is 0.203. The molecule has 0 fully saturated rings. The molecule has 0 unspecified atom stereocenters. The van der Waals surface area contributed by atoms with E-state index in [-0.39, 0.29) is 346 Å². The zero-order valence-electron chi connectivity index (χ0n) is 14.2. The molecule has 0 aliphatic carbocycles. The summed E-state index contributed by atoms with van der Waals surface area (Å²) < 4.78 is 0. The maximum Gasteiger partial charge on any atom is 2.00 e. The predicted molar refractivity (Wildman–Crippen MR) is 69.0 cm³/mol. The molecule has 0 saturated carbocycles. The van der Waals surface area contributed by atoms with E-state index in [0.717, 1.165) is 0 Å². The van der Waals surface area contributed by atoms with Gasteiger partial charge in [0.2, 0.25) is 0 Å². The average Bonchev–Trinajstić information content (AvgIpc) is 1.62. The van der Waals surface area contributed by atoms with Gasteiger partial charge in [-0.3, -0.25) is 0 Å². The molecule has 0 aliphatic heterocycles. The molecule has 28 heteroatoms. The van der Waals surface area contributed by atoms with E-state index in [2.05, 4.69) is 0 Å². The van der Waals surface area contributed by atoms with Gasteiger partial charge in [0, 0.05) is 0 Å². The first kappa shape index (κ1) is 77.4. The predicted octanol–water partition coefficient (Wildman–Crippen LogP) is -23.6. The van der Waals surface area contributed by atoms with Crippen molar-refractivity contribution in [1.29, 1.82) is 0 Å². The van der Waals surface area contributed by atoms with Crippen LogP contribution in [0.5, 0.6) is 0 Å². The van der Waals surface area contributed by atoms with E-state index in [9.17, 15) is 0 Å². The molecule has 128 valence electrons. The van der Waals surface area contributed by atoms with Crippen molar-refractivity contribution in [2.24, 2.45) is 0 Å². The van der Waals surface area contributed by atoms with Gasteiger partial charge in [0.15, 0.2) is 0 Å². The fraction of sp³-hybridized carbons (Fsp3) is 0. The van der Waals surface area contributed by atoms with Gasteiger partial charge in [-0.05, 0) is 0 Å². The molecule has 0 amide bonds. The molecule has 0 aromatic rings. The number of hydrogen-bond acceptors (Lipinski definition) is 16. The summed E-state index contributed by atoms with van der Waals surface area (Å²) in [7, 11) is -22.4. The molecule has 0 bridgehead atoms. The summed E-state index contributed by atoms with van der Waals surface area (Å²) in [5.74, 6) is 0. The Morgan fingerprint density at radius 3 is 0.214 bits per heavy atom. The van der Waals surface area contributed by atoms with Crippen LogP contribution in [0.2, 0.25) is 0 Å². The molecule has 16 nitrogen and oxygen atoms in total. The summed E-state index contributed by atoms with van der Waals surface area (Å²) in [6.07, 6.45) is 0. The molecule has 0 saturated heterocycles. The van der Waals surface area contributed by atoms with E-state index in [4.69, 9.17) is 76.7 Å². The van der Waals surface area contributed by atoms with Crippen LogP contribution < -0.4 is 76.7 Å². The molecule has 0 spiro atoms. The Kier molecular flexibility index (Phi) is 119. The number of rotatable bonds is 0. The van der Waals surface area contributed by atoms with Crippen LogP contribution >= 0.6 is 0 Å². The summed E-state index contributed by atoms with van der Waals surface area (Å²) in [6, 6.07) is 0. The van der Waals surface area contributed by atoms with Crippen molar-refractivity contribution in [3.8, 4) is 0 Å². The second-order valence-electron chi connectivity index (χ2n) is 2.00. The fourth-order valence-corrected chi connectivity index (χ4v) is 0. The molecule has 0 rings (SSSR count). The normalized spacial score (nSPS) is 8.57. The van der Waals surface area contributed by atoms with Gasteiger partial charge in [0.1, 0.15) is 0 Å². The molecule has 28 heavy (non-hydrogen) atoms. The standard InChI is InChI=1S/4Ba.4Ca.4O4Si/c;;;;;;;;4*1-5(2,3)4/q8*+2;4*-4. The van der Waals surface area contributed by atoms with E-state index in [1.807, 2.05) is 0 Å². The van der Waals surface area contributed by atoms with Gasteiger partial charge in [-0.15, -0.1) is 0 Å². The van der Waals surface area contributed by atoms with Crippen LogP contribution in [0.25, 0.3) is 0 Å². The summed E-state index contributed by atoms with van der Waals surface area (Å²) >= 11 is 0. The van der Waals surface area contributed by atoms with Gasteiger partial charge < -0.3 is 113 Å². The zero-order chi connectivity index (χ0) is 18.0. The Morgan fingerprint density at radius 1 is 0.214 bits per heavy atom. The molecule has 0 N–H and O–H groups in total. The Bertz CT molecular complexity index is 157. The van der Waals surface area contributed by atoms with Crippen molar-refractivity contribution < 1.29 is 76.7 Å². The maximum atomic E-state index is 8.58.